The zero-order chi connectivity index (χ0) is 25.6. The van der Waals surface area contributed by atoms with Crippen molar-refractivity contribution in [1.82, 2.24) is 9.29 Å². The number of rotatable bonds is 11. The van der Waals surface area contributed by atoms with E-state index in [1.807, 2.05) is 0 Å². The minimum absolute atomic E-state index is 0.0533. The highest BCUT2D eigenvalue weighted by molar-refractivity contribution is 7.99. The molecule has 0 unspecified atom stereocenters. The van der Waals surface area contributed by atoms with Crippen LogP contribution in [0.5, 0.6) is 5.75 Å². The molecule has 0 saturated carbocycles. The van der Waals surface area contributed by atoms with Gasteiger partial charge in [-0.05, 0) is 43.2 Å². The molecule has 3 aromatic rings. The van der Waals surface area contributed by atoms with E-state index in [1.165, 1.54) is 31.6 Å². The van der Waals surface area contributed by atoms with Crippen LogP contribution in [0.4, 0.5) is 13.2 Å². The molecule has 0 aliphatic heterocycles. The average Bonchev–Trinajstić information content (AvgIpc) is 2.78. The van der Waals surface area contributed by atoms with Crippen LogP contribution in [-0.4, -0.2) is 43.4 Å². The number of hydrogen-bond donors (Lipinski definition) is 0. The van der Waals surface area contributed by atoms with E-state index in [-0.39, 0.29) is 23.5 Å². The van der Waals surface area contributed by atoms with E-state index in [4.69, 9.17) is 9.15 Å². The molecule has 0 aliphatic carbocycles. The number of unbranched alkanes of at least 4 members (excludes halogenated alkanes) is 2. The SMILES string of the molecule is CN(Cc1cc(=O)c(OCCCCCSc2ccnc3cc(C(F)(F)F)ccc23)co1)S(C)(=O)=O. The molecule has 0 aliphatic rings. The summed E-state index contributed by atoms with van der Waals surface area (Å²) in [5.41, 5.74) is -0.794. The van der Waals surface area contributed by atoms with Crippen LogP contribution < -0.4 is 10.2 Å². The summed E-state index contributed by atoms with van der Waals surface area (Å²) in [6, 6.07) is 6.59. The molecule has 35 heavy (non-hydrogen) atoms. The van der Waals surface area contributed by atoms with Crippen LogP contribution in [0.1, 0.15) is 30.6 Å². The first-order valence-corrected chi connectivity index (χ1v) is 13.5. The van der Waals surface area contributed by atoms with Gasteiger partial charge in [0.25, 0.3) is 0 Å². The Hall–Kier alpha value is -2.57. The number of sulfonamides is 1. The zero-order valence-corrected chi connectivity index (χ0v) is 20.8. The molecular weight excluding hydrogens is 505 g/mol. The molecule has 0 bridgehead atoms. The fourth-order valence-electron chi connectivity index (χ4n) is 3.13. The van der Waals surface area contributed by atoms with Crippen molar-refractivity contribution >= 4 is 32.7 Å². The summed E-state index contributed by atoms with van der Waals surface area (Å²) in [6.07, 6.45) is 1.73. The van der Waals surface area contributed by atoms with Crippen molar-refractivity contribution in [2.45, 2.75) is 36.9 Å². The molecular formula is C23H25F3N2O5S2. The maximum atomic E-state index is 12.9. The lowest BCUT2D eigenvalue weighted by atomic mass is 10.1. The zero-order valence-electron chi connectivity index (χ0n) is 19.2. The molecule has 0 amide bonds. The lowest BCUT2D eigenvalue weighted by Crippen LogP contribution is -2.25. The lowest BCUT2D eigenvalue weighted by Gasteiger charge is -2.13. The van der Waals surface area contributed by atoms with Crippen molar-refractivity contribution in [3.63, 3.8) is 0 Å². The first-order valence-electron chi connectivity index (χ1n) is 10.7. The summed E-state index contributed by atoms with van der Waals surface area (Å²) in [5, 5.41) is 0.687. The molecule has 0 atom stereocenters. The van der Waals surface area contributed by atoms with Gasteiger partial charge in [0.05, 0.1) is 30.5 Å². The maximum absolute atomic E-state index is 12.9. The van der Waals surface area contributed by atoms with Crippen LogP contribution in [0.3, 0.4) is 0 Å². The standard InChI is InChI=1S/C23H25F3N2O5S2/c1-28(35(2,30)31)14-17-13-20(29)21(15-33-17)32-10-4-3-5-11-34-22-8-9-27-19-12-16(23(24,25)26)6-7-18(19)22/h6-9,12-13,15H,3-5,10-11,14H2,1-2H3. The third kappa shape index (κ3) is 7.71. The number of hydrogen-bond acceptors (Lipinski definition) is 7. The van der Waals surface area contributed by atoms with Gasteiger partial charge in [-0.25, -0.2) is 8.42 Å². The van der Waals surface area contributed by atoms with Crippen LogP contribution in [0.15, 0.2) is 56.9 Å². The number of benzene rings is 1. The van der Waals surface area contributed by atoms with Crippen molar-refractivity contribution < 1.29 is 30.7 Å². The lowest BCUT2D eigenvalue weighted by molar-refractivity contribution is -0.137. The first-order chi connectivity index (χ1) is 16.4. The number of alkyl halides is 3. The molecule has 0 spiro atoms. The number of nitrogens with zero attached hydrogens (tertiary/aromatic N) is 2. The number of fused-ring (bicyclic) bond motifs is 1. The van der Waals surface area contributed by atoms with Crippen LogP contribution in [0.2, 0.25) is 0 Å². The van der Waals surface area contributed by atoms with E-state index < -0.39 is 21.8 Å². The Morgan fingerprint density at radius 1 is 1.14 bits per heavy atom. The van der Waals surface area contributed by atoms with Gasteiger partial charge in [-0.1, -0.05) is 6.07 Å². The Morgan fingerprint density at radius 2 is 1.91 bits per heavy atom. The highest BCUT2D eigenvalue weighted by Crippen LogP contribution is 2.33. The van der Waals surface area contributed by atoms with E-state index in [1.54, 1.807) is 17.8 Å². The largest absolute Gasteiger partial charge is 0.487 e. The smallest absolute Gasteiger partial charge is 0.416 e. The number of aromatic nitrogens is 1. The van der Waals surface area contributed by atoms with Gasteiger partial charge < -0.3 is 9.15 Å². The quantitative estimate of drug-likeness (QED) is 0.256. The number of ether oxygens (including phenoxy) is 1. The molecule has 0 N–H and O–H groups in total. The molecule has 2 heterocycles. The fourth-order valence-corrected chi connectivity index (χ4v) is 4.55. The fraction of sp³-hybridized carbons (Fsp3) is 0.391. The van der Waals surface area contributed by atoms with Crippen molar-refractivity contribution in [3.8, 4) is 5.75 Å². The van der Waals surface area contributed by atoms with Gasteiger partial charge in [-0.3, -0.25) is 9.78 Å². The van der Waals surface area contributed by atoms with E-state index in [0.29, 0.717) is 23.9 Å². The van der Waals surface area contributed by atoms with Crippen LogP contribution >= 0.6 is 11.8 Å². The van der Waals surface area contributed by atoms with Gasteiger partial charge in [0, 0.05) is 29.6 Å². The number of halogens is 3. The summed E-state index contributed by atoms with van der Waals surface area (Å²) in [5.74, 6) is 1.04. The molecule has 0 radical (unpaired) electrons. The van der Waals surface area contributed by atoms with Gasteiger partial charge in [0.15, 0.2) is 0 Å². The molecule has 0 fully saturated rings. The summed E-state index contributed by atoms with van der Waals surface area (Å²) in [7, 11) is -2.00. The first kappa shape index (κ1) is 27.0. The molecule has 3 rings (SSSR count). The summed E-state index contributed by atoms with van der Waals surface area (Å²) in [6.45, 7) is 0.263. The van der Waals surface area contributed by atoms with E-state index in [9.17, 15) is 26.4 Å². The second-order valence-corrected chi connectivity index (χ2v) is 11.1. The average molecular weight is 531 g/mol. The van der Waals surface area contributed by atoms with E-state index >= 15 is 0 Å². The molecule has 12 heteroatoms. The third-order valence-corrected chi connectivity index (χ3v) is 7.55. The topological polar surface area (TPSA) is 89.7 Å². The predicted molar refractivity (Wildman–Crippen MR) is 128 cm³/mol. The Bertz CT molecular complexity index is 1330. The van der Waals surface area contributed by atoms with Gasteiger partial charge >= 0.3 is 6.18 Å². The number of pyridine rings is 1. The molecule has 7 nitrogen and oxygen atoms in total. The van der Waals surface area contributed by atoms with Crippen molar-refractivity contribution in [2.24, 2.45) is 0 Å². The highest BCUT2D eigenvalue weighted by Gasteiger charge is 2.30. The van der Waals surface area contributed by atoms with Crippen LogP contribution in [0.25, 0.3) is 10.9 Å². The highest BCUT2D eigenvalue weighted by atomic mass is 32.2. The molecule has 2 aromatic heterocycles. The molecule has 1 aromatic carbocycles. The minimum atomic E-state index is -4.40. The van der Waals surface area contributed by atoms with Crippen molar-refractivity contribution in [3.05, 3.63) is 64.3 Å². The third-order valence-electron chi connectivity index (χ3n) is 5.13. The Kier molecular flexibility index (Phi) is 8.84. The minimum Gasteiger partial charge on any atom is -0.487 e. The second kappa shape index (κ2) is 11.4. The van der Waals surface area contributed by atoms with Crippen LogP contribution in [0, 0.1) is 0 Å². The second-order valence-electron chi connectivity index (χ2n) is 7.89. The van der Waals surface area contributed by atoms with Crippen LogP contribution in [-0.2, 0) is 22.7 Å². The Labute approximate surface area is 205 Å². The van der Waals surface area contributed by atoms with E-state index in [2.05, 4.69) is 4.98 Å². The predicted octanol–water partition coefficient (Wildman–Crippen LogP) is 4.94. The Morgan fingerprint density at radius 3 is 2.60 bits per heavy atom. The normalized spacial score (nSPS) is 12.4. The summed E-state index contributed by atoms with van der Waals surface area (Å²) in [4.78, 5) is 17.1. The Balaban J connectivity index is 1.42. The summed E-state index contributed by atoms with van der Waals surface area (Å²) < 4.78 is 73.5. The molecule has 190 valence electrons. The molecule has 0 saturated heterocycles. The van der Waals surface area contributed by atoms with Gasteiger partial charge in [-0.2, -0.15) is 17.5 Å². The maximum Gasteiger partial charge on any atom is 0.416 e. The summed E-state index contributed by atoms with van der Waals surface area (Å²) >= 11 is 1.55. The van der Waals surface area contributed by atoms with Gasteiger partial charge in [0.2, 0.25) is 21.2 Å². The van der Waals surface area contributed by atoms with Crippen molar-refractivity contribution in [1.29, 1.82) is 0 Å². The monoisotopic (exact) mass is 530 g/mol. The van der Waals surface area contributed by atoms with Gasteiger partial charge in [0.1, 0.15) is 12.0 Å². The number of thioether (sulfide) groups is 1. The van der Waals surface area contributed by atoms with E-state index in [0.717, 1.165) is 46.2 Å². The van der Waals surface area contributed by atoms with Crippen molar-refractivity contribution in [2.75, 3.05) is 25.7 Å². The van der Waals surface area contributed by atoms with Gasteiger partial charge in [-0.15, -0.1) is 11.8 Å².